The number of hydrogen-bond acceptors (Lipinski definition) is 4. The molecule has 3 rings (SSSR count). The van der Waals surface area contributed by atoms with Crippen molar-refractivity contribution in [1.82, 2.24) is 5.32 Å². The van der Waals surface area contributed by atoms with Crippen LogP contribution in [0.4, 0.5) is 5.00 Å². The molecule has 1 heterocycles. The van der Waals surface area contributed by atoms with E-state index in [2.05, 4.69) is 17.6 Å². The summed E-state index contributed by atoms with van der Waals surface area (Å²) in [6, 6.07) is 7.78. The molecular weight excluding hydrogens is 400 g/mol. The summed E-state index contributed by atoms with van der Waals surface area (Å²) >= 11 is 13.1. The highest BCUT2D eigenvalue weighted by molar-refractivity contribution is 7.80. The number of halogens is 1. The molecule has 1 aromatic heterocycles. The van der Waals surface area contributed by atoms with Gasteiger partial charge in [0.15, 0.2) is 5.11 Å². The van der Waals surface area contributed by atoms with E-state index in [0.717, 1.165) is 46.8 Å². The van der Waals surface area contributed by atoms with Crippen molar-refractivity contribution < 1.29 is 9.53 Å². The van der Waals surface area contributed by atoms with Crippen molar-refractivity contribution in [3.8, 4) is 0 Å². The minimum absolute atomic E-state index is 0.300. The second-order valence-electron chi connectivity index (χ2n) is 6.81. The fourth-order valence-electron chi connectivity index (χ4n) is 3.32. The largest absolute Gasteiger partial charge is 0.465 e. The number of methoxy groups -OCH3 is 1. The lowest BCUT2D eigenvalue weighted by atomic mass is 9.88. The van der Waals surface area contributed by atoms with Gasteiger partial charge >= 0.3 is 5.97 Å². The number of hydrogen-bond donors (Lipinski definition) is 2. The first-order chi connectivity index (χ1) is 13.0. The monoisotopic (exact) mass is 422 g/mol. The van der Waals surface area contributed by atoms with Gasteiger partial charge in [-0.3, -0.25) is 0 Å². The number of ether oxygens (including phenoxy) is 1. The Hall–Kier alpha value is -1.63. The van der Waals surface area contributed by atoms with E-state index >= 15 is 0 Å². The number of carbonyl (C=O) groups excluding carboxylic acids is 1. The van der Waals surface area contributed by atoms with Crippen LogP contribution in [0.2, 0.25) is 5.02 Å². The van der Waals surface area contributed by atoms with Crippen molar-refractivity contribution in [1.29, 1.82) is 0 Å². The Morgan fingerprint density at radius 1 is 1.44 bits per heavy atom. The van der Waals surface area contributed by atoms with Gasteiger partial charge in [0.2, 0.25) is 0 Å². The molecule has 0 fully saturated rings. The van der Waals surface area contributed by atoms with Gasteiger partial charge in [0.1, 0.15) is 5.00 Å². The fourth-order valence-corrected chi connectivity index (χ4v) is 5.20. The second kappa shape index (κ2) is 9.04. The van der Waals surface area contributed by atoms with Gasteiger partial charge in [-0.25, -0.2) is 4.79 Å². The summed E-state index contributed by atoms with van der Waals surface area (Å²) < 4.78 is 5.01. The molecule has 0 amide bonds. The molecule has 1 aromatic carbocycles. The van der Waals surface area contributed by atoms with E-state index in [0.29, 0.717) is 23.1 Å². The average molecular weight is 423 g/mol. The van der Waals surface area contributed by atoms with Crippen LogP contribution in [0.3, 0.4) is 0 Å². The lowest BCUT2D eigenvalue weighted by molar-refractivity contribution is 0.0601. The van der Waals surface area contributed by atoms with Crippen LogP contribution < -0.4 is 10.6 Å². The first-order valence-electron chi connectivity index (χ1n) is 9.00. The molecule has 0 saturated carbocycles. The third-order valence-electron chi connectivity index (χ3n) is 4.72. The molecule has 27 heavy (non-hydrogen) atoms. The van der Waals surface area contributed by atoms with Crippen molar-refractivity contribution in [3.05, 3.63) is 50.9 Å². The number of esters is 1. The van der Waals surface area contributed by atoms with Crippen molar-refractivity contribution >= 4 is 51.2 Å². The van der Waals surface area contributed by atoms with E-state index in [9.17, 15) is 4.79 Å². The number of nitrogens with one attached hydrogen (secondary N) is 2. The van der Waals surface area contributed by atoms with Crippen LogP contribution in [0.15, 0.2) is 24.3 Å². The highest BCUT2D eigenvalue weighted by Gasteiger charge is 2.28. The van der Waals surface area contributed by atoms with E-state index in [1.807, 2.05) is 24.3 Å². The number of anilines is 1. The minimum atomic E-state index is -0.300. The Balaban J connectivity index is 1.65. The van der Waals surface area contributed by atoms with Gasteiger partial charge in [0.05, 0.1) is 12.7 Å². The van der Waals surface area contributed by atoms with E-state index in [1.54, 1.807) is 11.3 Å². The number of thiocarbonyl (C=S) groups is 1. The van der Waals surface area contributed by atoms with Gasteiger partial charge in [-0.15, -0.1) is 11.3 Å². The van der Waals surface area contributed by atoms with Crippen LogP contribution >= 0.6 is 35.2 Å². The summed E-state index contributed by atoms with van der Waals surface area (Å²) in [5, 5.41) is 8.43. The molecule has 2 aromatic rings. The van der Waals surface area contributed by atoms with Gasteiger partial charge in [-0.05, 0) is 67.1 Å². The molecule has 4 nitrogen and oxygen atoms in total. The molecule has 0 bridgehead atoms. The Kier molecular flexibility index (Phi) is 6.73. The second-order valence-corrected chi connectivity index (χ2v) is 8.76. The third-order valence-corrected chi connectivity index (χ3v) is 6.37. The summed E-state index contributed by atoms with van der Waals surface area (Å²) in [6.45, 7) is 2.93. The van der Waals surface area contributed by atoms with Crippen LogP contribution in [-0.4, -0.2) is 24.7 Å². The Labute approximate surface area is 174 Å². The van der Waals surface area contributed by atoms with Gasteiger partial charge < -0.3 is 15.4 Å². The molecule has 0 radical (unpaired) electrons. The van der Waals surface area contributed by atoms with Gasteiger partial charge in [-0.1, -0.05) is 30.7 Å². The molecule has 1 unspecified atom stereocenters. The van der Waals surface area contributed by atoms with Gasteiger partial charge in [-0.2, -0.15) is 0 Å². The van der Waals surface area contributed by atoms with E-state index in [1.165, 1.54) is 12.0 Å². The Morgan fingerprint density at radius 2 is 2.26 bits per heavy atom. The summed E-state index contributed by atoms with van der Waals surface area (Å²) in [5.41, 5.74) is 2.91. The molecule has 2 N–H and O–H groups in total. The lowest BCUT2D eigenvalue weighted by Gasteiger charge is -2.18. The predicted octanol–water partition coefficient (Wildman–Crippen LogP) is 4.84. The van der Waals surface area contributed by atoms with Crippen LogP contribution in [-0.2, 0) is 24.0 Å². The standard InChI is InChI=1S/C20H23ClN2O2S2/c1-12-6-7-15-16(10-12)27-18(17(15)19(24)25-2)23-20(26)22-9-8-13-4-3-5-14(21)11-13/h3-5,11-12H,6-10H2,1-2H3,(H2,22,23,26). The quantitative estimate of drug-likeness (QED) is 0.533. The zero-order valence-electron chi connectivity index (χ0n) is 15.4. The van der Waals surface area contributed by atoms with Crippen molar-refractivity contribution in [2.24, 2.45) is 5.92 Å². The van der Waals surface area contributed by atoms with Crippen LogP contribution in [0.25, 0.3) is 0 Å². The summed E-state index contributed by atoms with van der Waals surface area (Å²) in [6.07, 6.45) is 3.81. The SMILES string of the molecule is COC(=O)c1c(NC(=S)NCCc2cccc(Cl)c2)sc2c1CCC(C)C2. The normalized spacial score (nSPS) is 15.7. The first kappa shape index (κ1) is 20.1. The van der Waals surface area contributed by atoms with Gasteiger partial charge in [0.25, 0.3) is 0 Å². The highest BCUT2D eigenvalue weighted by Crippen LogP contribution is 2.39. The number of fused-ring (bicyclic) bond motifs is 1. The molecule has 144 valence electrons. The van der Waals surface area contributed by atoms with Crippen LogP contribution in [0.1, 0.15) is 39.7 Å². The van der Waals surface area contributed by atoms with E-state index < -0.39 is 0 Å². The fraction of sp³-hybridized carbons (Fsp3) is 0.400. The molecule has 1 aliphatic rings. The van der Waals surface area contributed by atoms with Crippen LogP contribution in [0, 0.1) is 5.92 Å². The highest BCUT2D eigenvalue weighted by atomic mass is 35.5. The molecule has 1 aliphatic carbocycles. The van der Waals surface area contributed by atoms with E-state index in [4.69, 9.17) is 28.6 Å². The number of rotatable bonds is 5. The number of carbonyl (C=O) groups is 1. The zero-order chi connectivity index (χ0) is 19.4. The summed E-state index contributed by atoms with van der Waals surface area (Å²) in [5.74, 6) is 0.337. The first-order valence-corrected chi connectivity index (χ1v) is 10.6. The van der Waals surface area contributed by atoms with Crippen molar-refractivity contribution in [2.45, 2.75) is 32.6 Å². The molecule has 0 saturated heterocycles. The van der Waals surface area contributed by atoms with E-state index in [-0.39, 0.29) is 5.97 Å². The number of thiophene rings is 1. The molecule has 1 atom stereocenters. The Morgan fingerprint density at radius 3 is 3.00 bits per heavy atom. The zero-order valence-corrected chi connectivity index (χ0v) is 17.8. The molecule has 0 spiro atoms. The predicted molar refractivity (Wildman–Crippen MR) is 116 cm³/mol. The molecule has 7 heteroatoms. The molecule has 0 aliphatic heterocycles. The summed E-state index contributed by atoms with van der Waals surface area (Å²) in [7, 11) is 1.42. The third kappa shape index (κ3) is 5.00. The molecular formula is C20H23ClN2O2S2. The Bertz CT molecular complexity index is 851. The maximum Gasteiger partial charge on any atom is 0.341 e. The maximum absolute atomic E-state index is 12.3. The van der Waals surface area contributed by atoms with Crippen molar-refractivity contribution in [3.63, 3.8) is 0 Å². The smallest absolute Gasteiger partial charge is 0.341 e. The van der Waals surface area contributed by atoms with Crippen LogP contribution in [0.5, 0.6) is 0 Å². The maximum atomic E-state index is 12.3. The van der Waals surface area contributed by atoms with Crippen molar-refractivity contribution in [2.75, 3.05) is 19.0 Å². The minimum Gasteiger partial charge on any atom is -0.465 e. The average Bonchev–Trinajstić information content (AvgIpc) is 2.97. The summed E-state index contributed by atoms with van der Waals surface area (Å²) in [4.78, 5) is 13.6. The lowest BCUT2D eigenvalue weighted by Crippen LogP contribution is -2.30. The van der Waals surface area contributed by atoms with Gasteiger partial charge in [0, 0.05) is 16.4 Å². The topological polar surface area (TPSA) is 50.4 Å². The number of benzene rings is 1.